The first-order valence-corrected chi connectivity index (χ1v) is 5.55. The van der Waals surface area contributed by atoms with E-state index in [1.54, 1.807) is 0 Å². The van der Waals surface area contributed by atoms with Crippen LogP contribution >= 0.6 is 12.4 Å². The normalized spacial score (nSPS) is 37.5. The van der Waals surface area contributed by atoms with Crippen molar-refractivity contribution in [1.29, 1.82) is 0 Å². The van der Waals surface area contributed by atoms with E-state index in [0.29, 0.717) is 12.0 Å². The number of carbonyl (C=O) groups is 1. The zero-order valence-corrected chi connectivity index (χ0v) is 9.48. The Morgan fingerprint density at radius 2 is 1.73 bits per heavy atom. The zero-order valence-electron chi connectivity index (χ0n) is 8.66. The molecule has 3 aliphatic rings. The van der Waals surface area contributed by atoms with Gasteiger partial charge in [0.05, 0.1) is 0 Å². The third-order valence-corrected chi connectivity index (χ3v) is 3.76. The summed E-state index contributed by atoms with van der Waals surface area (Å²) in [7, 11) is 0. The van der Waals surface area contributed by atoms with Crippen molar-refractivity contribution in [2.45, 2.75) is 12.5 Å². The maximum atomic E-state index is 11.6. The number of nitrogens with one attached hydrogen (secondary N) is 3. The van der Waals surface area contributed by atoms with Crippen molar-refractivity contribution >= 4 is 18.3 Å². The van der Waals surface area contributed by atoms with Crippen molar-refractivity contribution in [3.8, 4) is 0 Å². The third-order valence-electron chi connectivity index (χ3n) is 3.76. The molecule has 86 valence electrons. The molecule has 1 amide bonds. The molecule has 15 heavy (non-hydrogen) atoms. The first-order chi connectivity index (χ1) is 6.84. The highest BCUT2D eigenvalue weighted by molar-refractivity contribution is 5.85. The number of hydrogen-bond donors (Lipinski definition) is 3. The van der Waals surface area contributed by atoms with E-state index in [2.05, 4.69) is 16.0 Å². The average molecular weight is 232 g/mol. The van der Waals surface area contributed by atoms with Crippen LogP contribution in [-0.2, 0) is 4.79 Å². The summed E-state index contributed by atoms with van der Waals surface area (Å²) in [6.45, 7) is 4.24. The number of rotatable bonds is 3. The van der Waals surface area contributed by atoms with E-state index in [0.717, 1.165) is 44.4 Å². The van der Waals surface area contributed by atoms with Crippen molar-refractivity contribution in [2.24, 2.45) is 17.8 Å². The van der Waals surface area contributed by atoms with Crippen LogP contribution in [0.3, 0.4) is 0 Å². The summed E-state index contributed by atoms with van der Waals surface area (Å²) in [6.07, 6.45) is 0.719. The van der Waals surface area contributed by atoms with Gasteiger partial charge >= 0.3 is 0 Å². The molecule has 1 aliphatic carbocycles. The lowest BCUT2D eigenvalue weighted by Crippen LogP contribution is -2.45. The lowest BCUT2D eigenvalue weighted by atomic mass is 9.99. The Bertz CT molecular complexity index is 247. The van der Waals surface area contributed by atoms with Gasteiger partial charge < -0.3 is 16.0 Å². The highest BCUT2D eigenvalue weighted by Gasteiger charge is 2.53. The van der Waals surface area contributed by atoms with Gasteiger partial charge in [0.2, 0.25) is 5.91 Å². The van der Waals surface area contributed by atoms with Gasteiger partial charge in [0, 0.05) is 25.6 Å². The lowest BCUT2D eigenvalue weighted by Gasteiger charge is -2.26. The van der Waals surface area contributed by atoms with Crippen LogP contribution in [0.15, 0.2) is 0 Å². The molecule has 5 heteroatoms. The summed E-state index contributed by atoms with van der Waals surface area (Å²) in [5, 5.41) is 9.66. The highest BCUT2D eigenvalue weighted by Crippen LogP contribution is 2.41. The Labute approximate surface area is 96.0 Å². The zero-order chi connectivity index (χ0) is 9.54. The summed E-state index contributed by atoms with van der Waals surface area (Å²) in [5.41, 5.74) is 0. The first-order valence-electron chi connectivity index (χ1n) is 5.55. The molecular weight excluding hydrogens is 214 g/mol. The van der Waals surface area contributed by atoms with Crippen LogP contribution in [0.1, 0.15) is 6.42 Å². The SMILES string of the molecule is Cl.O=C(CC1CNC1)NC1C2CNCC21. The molecule has 3 fully saturated rings. The van der Waals surface area contributed by atoms with E-state index in [-0.39, 0.29) is 18.3 Å². The second-order valence-electron chi connectivity index (χ2n) is 4.81. The van der Waals surface area contributed by atoms with Crippen molar-refractivity contribution < 1.29 is 4.79 Å². The Morgan fingerprint density at radius 1 is 1.13 bits per heavy atom. The fourth-order valence-electron chi connectivity index (χ4n) is 2.63. The second kappa shape index (κ2) is 4.28. The number of fused-ring (bicyclic) bond motifs is 1. The summed E-state index contributed by atoms with van der Waals surface area (Å²) < 4.78 is 0. The van der Waals surface area contributed by atoms with Crippen LogP contribution in [0.4, 0.5) is 0 Å². The summed E-state index contributed by atoms with van der Waals surface area (Å²) >= 11 is 0. The van der Waals surface area contributed by atoms with Gasteiger partial charge in [-0.3, -0.25) is 4.79 Å². The van der Waals surface area contributed by atoms with E-state index < -0.39 is 0 Å². The number of amides is 1. The van der Waals surface area contributed by atoms with Gasteiger partial charge in [-0.1, -0.05) is 0 Å². The molecular formula is C10H18ClN3O. The molecule has 3 N–H and O–H groups in total. The van der Waals surface area contributed by atoms with Gasteiger partial charge in [0.15, 0.2) is 0 Å². The van der Waals surface area contributed by atoms with Crippen LogP contribution in [0.2, 0.25) is 0 Å². The van der Waals surface area contributed by atoms with Gasteiger partial charge in [0.1, 0.15) is 0 Å². The Morgan fingerprint density at radius 3 is 2.27 bits per heavy atom. The van der Waals surface area contributed by atoms with Crippen LogP contribution in [0, 0.1) is 17.8 Å². The van der Waals surface area contributed by atoms with Crippen molar-refractivity contribution in [3.63, 3.8) is 0 Å². The molecule has 0 radical (unpaired) electrons. The minimum atomic E-state index is 0. The molecule has 2 atom stereocenters. The first kappa shape index (κ1) is 11.2. The summed E-state index contributed by atoms with van der Waals surface area (Å²) in [4.78, 5) is 11.6. The largest absolute Gasteiger partial charge is 0.353 e. The van der Waals surface area contributed by atoms with E-state index in [1.165, 1.54) is 0 Å². The number of halogens is 1. The third kappa shape index (κ3) is 2.12. The van der Waals surface area contributed by atoms with E-state index >= 15 is 0 Å². The van der Waals surface area contributed by atoms with Crippen LogP contribution in [0.25, 0.3) is 0 Å². The highest BCUT2D eigenvalue weighted by atomic mass is 35.5. The molecule has 2 heterocycles. The topological polar surface area (TPSA) is 53.2 Å². The van der Waals surface area contributed by atoms with Crippen molar-refractivity contribution in [2.75, 3.05) is 26.2 Å². The van der Waals surface area contributed by atoms with Crippen molar-refractivity contribution in [1.82, 2.24) is 16.0 Å². The maximum Gasteiger partial charge on any atom is 0.220 e. The fraction of sp³-hybridized carbons (Fsp3) is 0.900. The van der Waals surface area contributed by atoms with Gasteiger partial charge in [0.25, 0.3) is 0 Å². The Hall–Kier alpha value is -0.320. The van der Waals surface area contributed by atoms with E-state index in [1.807, 2.05) is 0 Å². The smallest absolute Gasteiger partial charge is 0.220 e. The maximum absolute atomic E-state index is 11.6. The lowest BCUT2D eigenvalue weighted by molar-refractivity contribution is -0.122. The standard InChI is InChI=1S/C10H17N3O.ClH/c14-9(1-6-2-11-3-6)13-10-7-4-12-5-8(7)10;/h6-8,10-12H,1-5H2,(H,13,14);1H. The second-order valence-corrected chi connectivity index (χ2v) is 4.81. The molecule has 0 spiro atoms. The molecule has 3 rings (SSSR count). The van der Waals surface area contributed by atoms with Gasteiger partial charge in [-0.25, -0.2) is 0 Å². The predicted molar refractivity (Wildman–Crippen MR) is 60.0 cm³/mol. The van der Waals surface area contributed by atoms with Crippen molar-refractivity contribution in [3.05, 3.63) is 0 Å². The molecule has 0 aromatic heterocycles. The molecule has 2 saturated heterocycles. The van der Waals surface area contributed by atoms with Crippen LogP contribution < -0.4 is 16.0 Å². The van der Waals surface area contributed by atoms with E-state index in [9.17, 15) is 4.79 Å². The van der Waals surface area contributed by atoms with Gasteiger partial charge in [-0.2, -0.15) is 0 Å². The Balaban J connectivity index is 0.000000853. The monoisotopic (exact) mass is 231 g/mol. The average Bonchev–Trinajstić information content (AvgIpc) is 2.61. The molecule has 0 bridgehead atoms. The van der Waals surface area contributed by atoms with Gasteiger partial charge in [-0.05, 0) is 30.8 Å². The molecule has 0 aromatic rings. The number of piperidine rings is 1. The molecule has 1 saturated carbocycles. The van der Waals surface area contributed by atoms with Crippen LogP contribution in [0.5, 0.6) is 0 Å². The molecule has 4 nitrogen and oxygen atoms in total. The predicted octanol–water partition coefficient (Wildman–Crippen LogP) is -0.648. The Kier molecular flexibility index (Phi) is 3.19. The summed E-state index contributed by atoms with van der Waals surface area (Å²) in [6, 6.07) is 0.497. The molecule has 2 unspecified atom stereocenters. The molecule has 0 aromatic carbocycles. The number of hydrogen-bond acceptors (Lipinski definition) is 3. The number of carbonyl (C=O) groups excluding carboxylic acids is 1. The summed E-state index contributed by atoms with van der Waals surface area (Å²) in [5.74, 6) is 2.32. The quantitative estimate of drug-likeness (QED) is 0.605. The molecule has 2 aliphatic heterocycles. The fourth-order valence-corrected chi connectivity index (χ4v) is 2.63. The van der Waals surface area contributed by atoms with Gasteiger partial charge in [-0.15, -0.1) is 12.4 Å². The minimum absolute atomic E-state index is 0. The van der Waals surface area contributed by atoms with Crippen LogP contribution in [-0.4, -0.2) is 38.1 Å². The van der Waals surface area contributed by atoms with E-state index in [4.69, 9.17) is 0 Å². The minimum Gasteiger partial charge on any atom is -0.353 e.